The summed E-state index contributed by atoms with van der Waals surface area (Å²) in [6.45, 7) is 0.352. The maximum atomic E-state index is 11.9. The van der Waals surface area contributed by atoms with Crippen LogP contribution in [0.2, 0.25) is 0 Å². The first kappa shape index (κ1) is 14.9. The first-order valence-electron chi connectivity index (χ1n) is 6.69. The Labute approximate surface area is 124 Å². The summed E-state index contributed by atoms with van der Waals surface area (Å²) in [7, 11) is 1.56. The number of carbonyl (C=O) groups is 1. The average molecular weight is 285 g/mol. The molecule has 4 N–H and O–H groups in total. The first-order valence-corrected chi connectivity index (χ1v) is 6.69. The van der Waals surface area contributed by atoms with Crippen molar-refractivity contribution in [2.45, 2.75) is 6.04 Å². The average Bonchev–Trinajstić information content (AvgIpc) is 2.54. The smallest absolute Gasteiger partial charge is 0.319 e. The predicted molar refractivity (Wildman–Crippen MR) is 83.4 cm³/mol. The Balaban J connectivity index is 1.88. The van der Waals surface area contributed by atoms with Crippen LogP contribution in [0.15, 0.2) is 54.6 Å². The minimum Gasteiger partial charge on any atom is -0.495 e. The molecule has 0 aliphatic rings. The lowest BCUT2D eigenvalue weighted by molar-refractivity contribution is 0.251. The molecule has 2 rings (SSSR count). The van der Waals surface area contributed by atoms with Gasteiger partial charge in [0.1, 0.15) is 5.75 Å². The van der Waals surface area contributed by atoms with Crippen molar-refractivity contribution in [2.75, 3.05) is 19.0 Å². The quantitative estimate of drug-likeness (QED) is 0.790. The topological polar surface area (TPSA) is 76.4 Å². The zero-order chi connectivity index (χ0) is 15.1. The molecule has 0 radical (unpaired) electrons. The molecular formula is C16H19N3O2. The molecule has 0 heterocycles. The highest BCUT2D eigenvalue weighted by Gasteiger charge is 2.09. The van der Waals surface area contributed by atoms with Crippen LogP contribution in [0.3, 0.4) is 0 Å². The van der Waals surface area contributed by atoms with E-state index in [0.29, 0.717) is 18.0 Å². The van der Waals surface area contributed by atoms with Crippen LogP contribution >= 0.6 is 0 Å². The van der Waals surface area contributed by atoms with Crippen LogP contribution in [0.5, 0.6) is 5.75 Å². The van der Waals surface area contributed by atoms with Crippen molar-refractivity contribution in [2.24, 2.45) is 5.73 Å². The number of carbonyl (C=O) groups excluding carboxylic acids is 1. The minimum atomic E-state index is -0.314. The van der Waals surface area contributed by atoms with Gasteiger partial charge in [-0.05, 0) is 17.7 Å². The summed E-state index contributed by atoms with van der Waals surface area (Å²) in [6.07, 6.45) is 0. The molecule has 0 aliphatic heterocycles. The van der Waals surface area contributed by atoms with Crippen LogP contribution in [-0.4, -0.2) is 19.7 Å². The maximum absolute atomic E-state index is 11.9. The number of hydrogen-bond acceptors (Lipinski definition) is 3. The number of rotatable bonds is 5. The van der Waals surface area contributed by atoms with Gasteiger partial charge in [0.2, 0.25) is 0 Å². The third kappa shape index (κ3) is 4.22. The second-order valence-electron chi connectivity index (χ2n) is 4.55. The van der Waals surface area contributed by atoms with Crippen LogP contribution in [0, 0.1) is 0 Å². The van der Waals surface area contributed by atoms with Gasteiger partial charge >= 0.3 is 6.03 Å². The predicted octanol–water partition coefficient (Wildman–Crippen LogP) is 2.52. The van der Waals surface area contributed by atoms with Gasteiger partial charge in [0, 0.05) is 12.6 Å². The van der Waals surface area contributed by atoms with Crippen molar-refractivity contribution in [3.8, 4) is 5.75 Å². The molecule has 1 unspecified atom stereocenters. The first-order chi connectivity index (χ1) is 10.2. The van der Waals surface area contributed by atoms with E-state index in [9.17, 15) is 4.79 Å². The largest absolute Gasteiger partial charge is 0.495 e. The van der Waals surface area contributed by atoms with Gasteiger partial charge in [-0.25, -0.2) is 4.79 Å². The molecule has 2 amide bonds. The number of urea groups is 1. The number of amides is 2. The third-order valence-electron chi connectivity index (χ3n) is 3.07. The van der Waals surface area contributed by atoms with Gasteiger partial charge in [0.25, 0.3) is 0 Å². The second-order valence-corrected chi connectivity index (χ2v) is 4.55. The summed E-state index contributed by atoms with van der Waals surface area (Å²) >= 11 is 0. The number of ether oxygens (including phenoxy) is 1. The molecule has 5 nitrogen and oxygen atoms in total. The lowest BCUT2D eigenvalue weighted by atomic mass is 10.1. The fourth-order valence-corrected chi connectivity index (χ4v) is 1.94. The molecule has 0 spiro atoms. The Morgan fingerprint density at radius 2 is 1.81 bits per heavy atom. The summed E-state index contributed by atoms with van der Waals surface area (Å²) in [5.41, 5.74) is 7.62. The molecule has 0 saturated carbocycles. The number of nitrogens with one attached hydrogen (secondary N) is 2. The van der Waals surface area contributed by atoms with Gasteiger partial charge in [-0.2, -0.15) is 0 Å². The van der Waals surface area contributed by atoms with E-state index >= 15 is 0 Å². The molecule has 0 bridgehead atoms. The molecule has 5 heteroatoms. The summed E-state index contributed by atoms with van der Waals surface area (Å²) in [6, 6.07) is 16.3. The van der Waals surface area contributed by atoms with E-state index in [1.54, 1.807) is 19.2 Å². The SMILES string of the molecule is COc1ccccc1NC(=O)NCC(N)c1ccccc1. The van der Waals surface area contributed by atoms with E-state index in [4.69, 9.17) is 10.5 Å². The van der Waals surface area contributed by atoms with Gasteiger partial charge in [0.15, 0.2) is 0 Å². The molecule has 0 aromatic heterocycles. The molecular weight excluding hydrogens is 266 g/mol. The van der Waals surface area contributed by atoms with Gasteiger partial charge in [-0.1, -0.05) is 42.5 Å². The van der Waals surface area contributed by atoms with E-state index in [1.165, 1.54) is 0 Å². The fraction of sp³-hybridized carbons (Fsp3) is 0.188. The Hall–Kier alpha value is -2.53. The molecule has 0 fully saturated rings. The van der Waals surface area contributed by atoms with Crippen molar-refractivity contribution < 1.29 is 9.53 Å². The molecule has 21 heavy (non-hydrogen) atoms. The lowest BCUT2D eigenvalue weighted by Crippen LogP contribution is -2.35. The molecule has 0 saturated heterocycles. The van der Waals surface area contributed by atoms with Gasteiger partial charge in [-0.3, -0.25) is 0 Å². The van der Waals surface area contributed by atoms with E-state index < -0.39 is 0 Å². The van der Waals surface area contributed by atoms with Crippen LogP contribution in [0.4, 0.5) is 10.5 Å². The highest BCUT2D eigenvalue weighted by molar-refractivity contribution is 5.90. The lowest BCUT2D eigenvalue weighted by Gasteiger charge is -2.14. The normalized spacial score (nSPS) is 11.5. The highest BCUT2D eigenvalue weighted by atomic mass is 16.5. The van der Waals surface area contributed by atoms with Gasteiger partial charge < -0.3 is 21.1 Å². The zero-order valence-corrected chi connectivity index (χ0v) is 11.9. The van der Waals surface area contributed by atoms with Gasteiger partial charge in [-0.15, -0.1) is 0 Å². The van der Waals surface area contributed by atoms with Crippen LogP contribution in [0.25, 0.3) is 0 Å². The monoisotopic (exact) mass is 285 g/mol. The third-order valence-corrected chi connectivity index (χ3v) is 3.07. The summed E-state index contributed by atoms with van der Waals surface area (Å²) in [4.78, 5) is 11.9. The number of nitrogens with two attached hydrogens (primary N) is 1. The second kappa shape index (κ2) is 7.31. The maximum Gasteiger partial charge on any atom is 0.319 e. The Morgan fingerprint density at radius 1 is 1.14 bits per heavy atom. The standard InChI is InChI=1S/C16H19N3O2/c1-21-15-10-6-5-9-14(15)19-16(20)18-11-13(17)12-7-3-2-4-8-12/h2-10,13H,11,17H2,1H3,(H2,18,19,20). The molecule has 110 valence electrons. The Bertz CT molecular complexity index is 587. The van der Waals surface area contributed by atoms with Gasteiger partial charge in [0.05, 0.1) is 12.8 Å². The van der Waals surface area contributed by atoms with Crippen LogP contribution in [0.1, 0.15) is 11.6 Å². The zero-order valence-electron chi connectivity index (χ0n) is 11.9. The minimum absolute atomic E-state index is 0.241. The van der Waals surface area contributed by atoms with Crippen molar-refractivity contribution in [3.05, 3.63) is 60.2 Å². The van der Waals surface area contributed by atoms with Crippen LogP contribution in [-0.2, 0) is 0 Å². The molecule has 2 aromatic carbocycles. The number of anilines is 1. The molecule has 1 atom stereocenters. The Morgan fingerprint density at radius 3 is 2.52 bits per heavy atom. The number of hydrogen-bond donors (Lipinski definition) is 3. The number of methoxy groups -OCH3 is 1. The Kier molecular flexibility index (Phi) is 5.17. The van der Waals surface area contributed by atoms with Crippen LogP contribution < -0.4 is 21.1 Å². The summed E-state index contributed by atoms with van der Waals surface area (Å²) < 4.78 is 5.17. The number of para-hydroxylation sites is 2. The molecule has 0 aliphatic carbocycles. The van der Waals surface area contributed by atoms with Crippen molar-refractivity contribution in [3.63, 3.8) is 0 Å². The van der Waals surface area contributed by atoms with Crippen molar-refractivity contribution in [1.29, 1.82) is 0 Å². The number of benzene rings is 2. The highest BCUT2D eigenvalue weighted by Crippen LogP contribution is 2.22. The van der Waals surface area contributed by atoms with Crippen molar-refractivity contribution in [1.82, 2.24) is 5.32 Å². The van der Waals surface area contributed by atoms with Crippen molar-refractivity contribution >= 4 is 11.7 Å². The van der Waals surface area contributed by atoms with E-state index in [0.717, 1.165) is 5.56 Å². The fourth-order valence-electron chi connectivity index (χ4n) is 1.94. The summed E-state index contributed by atoms with van der Waals surface area (Å²) in [5.74, 6) is 0.611. The van der Waals surface area contributed by atoms with E-state index in [-0.39, 0.29) is 12.1 Å². The molecule has 2 aromatic rings. The van der Waals surface area contributed by atoms with E-state index in [1.807, 2.05) is 42.5 Å². The van der Waals surface area contributed by atoms with E-state index in [2.05, 4.69) is 10.6 Å². The summed E-state index contributed by atoms with van der Waals surface area (Å²) in [5, 5.41) is 5.49.